The van der Waals surface area contributed by atoms with Crippen LogP contribution in [0.25, 0.3) is 5.65 Å². The lowest BCUT2D eigenvalue weighted by Gasteiger charge is -2.28. The van der Waals surface area contributed by atoms with Crippen LogP contribution in [-0.2, 0) is 10.2 Å². The van der Waals surface area contributed by atoms with Gasteiger partial charge >= 0.3 is 5.97 Å². The maximum absolute atomic E-state index is 11.0. The minimum absolute atomic E-state index is 0.674. The van der Waals surface area contributed by atoms with E-state index < -0.39 is 17.4 Å². The molecule has 0 saturated carbocycles. The van der Waals surface area contributed by atoms with Gasteiger partial charge in [-0.25, -0.2) is 4.98 Å². The molecule has 0 bridgehead atoms. The van der Waals surface area contributed by atoms with Crippen LogP contribution < -0.4 is 5.73 Å². The van der Waals surface area contributed by atoms with E-state index in [1.807, 2.05) is 0 Å². The lowest BCUT2D eigenvalue weighted by atomic mass is 9.82. The lowest BCUT2D eigenvalue weighted by molar-refractivity contribution is -0.140. The van der Waals surface area contributed by atoms with Gasteiger partial charge in [0.05, 0.1) is 11.9 Å². The van der Waals surface area contributed by atoms with E-state index in [4.69, 9.17) is 10.8 Å². The van der Waals surface area contributed by atoms with Crippen LogP contribution in [0.5, 0.6) is 0 Å². The topological polar surface area (TPSA) is 93.5 Å². The highest BCUT2D eigenvalue weighted by Gasteiger charge is 2.36. The average Bonchev–Trinajstić information content (AvgIpc) is 2.72. The van der Waals surface area contributed by atoms with Crippen LogP contribution in [0.4, 0.5) is 0 Å². The van der Waals surface area contributed by atoms with Crippen molar-refractivity contribution in [3.05, 3.63) is 30.5 Å². The van der Waals surface area contributed by atoms with Gasteiger partial charge in [0.25, 0.3) is 0 Å². The molecule has 17 heavy (non-hydrogen) atoms. The van der Waals surface area contributed by atoms with Gasteiger partial charge in [0, 0.05) is 24.0 Å². The highest BCUT2D eigenvalue weighted by atomic mass is 16.4. The number of rotatable bonds is 3. The largest absolute Gasteiger partial charge is 0.480 e. The fraction of sp³-hybridized carbons (Fsp3) is 0.364. The molecule has 0 aliphatic heterocycles. The van der Waals surface area contributed by atoms with E-state index in [9.17, 15) is 4.79 Å². The van der Waals surface area contributed by atoms with Crippen molar-refractivity contribution in [3.63, 3.8) is 0 Å². The summed E-state index contributed by atoms with van der Waals surface area (Å²) in [6.45, 7) is 3.57. The Morgan fingerprint density at radius 1 is 1.53 bits per heavy atom. The fourth-order valence-corrected chi connectivity index (χ4v) is 1.79. The van der Waals surface area contributed by atoms with Gasteiger partial charge in [-0.1, -0.05) is 13.8 Å². The van der Waals surface area contributed by atoms with Crippen molar-refractivity contribution in [3.8, 4) is 0 Å². The van der Waals surface area contributed by atoms with Crippen molar-refractivity contribution in [2.24, 2.45) is 5.73 Å². The summed E-state index contributed by atoms with van der Waals surface area (Å²) in [5.41, 5.74) is 6.43. The molecule has 1 unspecified atom stereocenters. The van der Waals surface area contributed by atoms with Crippen LogP contribution in [0.2, 0.25) is 0 Å². The summed E-state index contributed by atoms with van der Waals surface area (Å²) >= 11 is 0. The third-order valence-corrected chi connectivity index (χ3v) is 3.02. The minimum atomic E-state index is -1.03. The molecule has 2 aromatic heterocycles. The Balaban J connectivity index is 2.56. The molecule has 0 amide bonds. The Morgan fingerprint density at radius 2 is 2.24 bits per heavy atom. The summed E-state index contributed by atoms with van der Waals surface area (Å²) in [7, 11) is 0. The van der Waals surface area contributed by atoms with Crippen LogP contribution in [0.15, 0.2) is 24.8 Å². The number of imidazole rings is 1. The highest BCUT2D eigenvalue weighted by Crippen LogP contribution is 2.26. The second kappa shape index (κ2) is 3.81. The SMILES string of the molecule is CC(C)(c1cnc2cnccn12)C(N)C(=O)O. The van der Waals surface area contributed by atoms with Gasteiger partial charge in [-0.3, -0.25) is 9.78 Å². The van der Waals surface area contributed by atoms with Gasteiger partial charge < -0.3 is 15.2 Å². The van der Waals surface area contributed by atoms with Crippen molar-refractivity contribution in [1.29, 1.82) is 0 Å². The smallest absolute Gasteiger partial charge is 0.321 e. The number of carboxylic acid groups (broad SMARTS) is 1. The predicted molar refractivity (Wildman–Crippen MR) is 61.6 cm³/mol. The summed E-state index contributed by atoms with van der Waals surface area (Å²) in [6, 6.07) is -0.990. The lowest BCUT2D eigenvalue weighted by Crippen LogP contribution is -2.47. The number of carboxylic acids is 1. The number of fused-ring (bicyclic) bond motifs is 1. The molecule has 0 aliphatic rings. The van der Waals surface area contributed by atoms with E-state index in [2.05, 4.69) is 9.97 Å². The van der Waals surface area contributed by atoms with Crippen LogP contribution in [-0.4, -0.2) is 31.5 Å². The molecule has 6 nitrogen and oxygen atoms in total. The molecule has 2 aromatic rings. The number of carbonyl (C=O) groups is 1. The zero-order valence-electron chi connectivity index (χ0n) is 9.66. The standard InChI is InChI=1S/C11H14N4O2/c1-11(2,9(12)10(16)17)7-5-14-8-6-13-3-4-15(7)8/h3-6,9H,12H2,1-2H3,(H,16,17). The van der Waals surface area contributed by atoms with Crippen LogP contribution >= 0.6 is 0 Å². The zero-order valence-corrected chi connectivity index (χ0v) is 9.66. The Hall–Kier alpha value is -1.95. The third-order valence-electron chi connectivity index (χ3n) is 3.02. The summed E-state index contributed by atoms with van der Waals surface area (Å²) in [6.07, 6.45) is 6.63. The molecule has 90 valence electrons. The van der Waals surface area contributed by atoms with E-state index in [0.717, 1.165) is 5.69 Å². The van der Waals surface area contributed by atoms with E-state index >= 15 is 0 Å². The van der Waals surface area contributed by atoms with Gasteiger partial charge in [-0.15, -0.1) is 0 Å². The molecular formula is C11H14N4O2. The molecule has 0 spiro atoms. The number of nitrogens with zero attached hydrogens (tertiary/aromatic N) is 3. The molecule has 2 rings (SSSR count). The molecule has 0 aliphatic carbocycles. The van der Waals surface area contributed by atoms with Crippen LogP contribution in [0, 0.1) is 0 Å². The van der Waals surface area contributed by atoms with Crippen LogP contribution in [0.3, 0.4) is 0 Å². The number of nitrogens with two attached hydrogens (primary N) is 1. The summed E-state index contributed by atoms with van der Waals surface area (Å²) in [4.78, 5) is 19.1. The Labute approximate surface area is 98.1 Å². The normalized spacial score (nSPS) is 13.8. The Bertz CT molecular complexity index is 561. The summed E-state index contributed by atoms with van der Waals surface area (Å²) in [5, 5.41) is 9.02. The molecule has 0 aromatic carbocycles. The van der Waals surface area contributed by atoms with Crippen molar-refractivity contribution >= 4 is 11.6 Å². The van der Waals surface area contributed by atoms with Gasteiger partial charge in [0.1, 0.15) is 6.04 Å². The first-order valence-corrected chi connectivity index (χ1v) is 5.20. The molecule has 0 radical (unpaired) electrons. The van der Waals surface area contributed by atoms with Crippen molar-refractivity contribution in [2.45, 2.75) is 25.3 Å². The van der Waals surface area contributed by atoms with E-state index in [1.54, 1.807) is 43.0 Å². The monoisotopic (exact) mass is 234 g/mol. The average molecular weight is 234 g/mol. The van der Waals surface area contributed by atoms with Gasteiger partial charge in [-0.05, 0) is 0 Å². The molecular weight excluding hydrogens is 220 g/mol. The molecule has 1 atom stereocenters. The van der Waals surface area contributed by atoms with Gasteiger partial charge in [0.15, 0.2) is 5.65 Å². The predicted octanol–water partition coefficient (Wildman–Crippen LogP) is 0.419. The first kappa shape index (κ1) is 11.5. The van der Waals surface area contributed by atoms with Gasteiger partial charge in [-0.2, -0.15) is 0 Å². The maximum Gasteiger partial charge on any atom is 0.321 e. The number of aromatic nitrogens is 3. The van der Waals surface area contributed by atoms with E-state index in [-0.39, 0.29) is 0 Å². The Kier molecular flexibility index (Phi) is 2.59. The molecule has 6 heteroatoms. The van der Waals surface area contributed by atoms with E-state index in [1.165, 1.54) is 0 Å². The highest BCUT2D eigenvalue weighted by molar-refractivity contribution is 5.75. The molecule has 2 heterocycles. The summed E-state index contributed by atoms with van der Waals surface area (Å²) in [5.74, 6) is -1.03. The minimum Gasteiger partial charge on any atom is -0.480 e. The molecule has 0 fully saturated rings. The number of hydrogen-bond donors (Lipinski definition) is 2. The van der Waals surface area contributed by atoms with Gasteiger partial charge in [0.2, 0.25) is 0 Å². The van der Waals surface area contributed by atoms with E-state index in [0.29, 0.717) is 5.65 Å². The first-order valence-electron chi connectivity index (χ1n) is 5.20. The maximum atomic E-state index is 11.0. The van der Waals surface area contributed by atoms with Crippen molar-refractivity contribution in [1.82, 2.24) is 14.4 Å². The quantitative estimate of drug-likeness (QED) is 0.802. The number of hydrogen-bond acceptors (Lipinski definition) is 4. The second-order valence-corrected chi connectivity index (χ2v) is 4.49. The Morgan fingerprint density at radius 3 is 2.88 bits per heavy atom. The molecule has 3 N–H and O–H groups in total. The van der Waals surface area contributed by atoms with Crippen molar-refractivity contribution in [2.75, 3.05) is 0 Å². The molecule has 0 saturated heterocycles. The first-order chi connectivity index (χ1) is 7.94. The van der Waals surface area contributed by atoms with Crippen LogP contribution in [0.1, 0.15) is 19.5 Å². The zero-order chi connectivity index (χ0) is 12.6. The second-order valence-electron chi connectivity index (χ2n) is 4.49. The number of aliphatic carboxylic acids is 1. The third kappa shape index (κ3) is 1.76. The van der Waals surface area contributed by atoms with Crippen molar-refractivity contribution < 1.29 is 9.90 Å². The summed E-state index contributed by atoms with van der Waals surface area (Å²) < 4.78 is 1.80. The fourth-order valence-electron chi connectivity index (χ4n) is 1.79.